The largest absolute Gasteiger partial charge is 0.323 e. The van der Waals surface area contributed by atoms with Crippen LogP contribution in [0.5, 0.6) is 0 Å². The van der Waals surface area contributed by atoms with Crippen LogP contribution < -0.4 is 5.32 Å². The molecular weight excluding hydrogens is 308 g/mol. The number of carbonyl (C=O) groups is 1. The first-order valence-corrected chi connectivity index (χ1v) is 8.59. The van der Waals surface area contributed by atoms with Crippen LogP contribution >= 0.6 is 11.3 Å². The number of benzene rings is 1. The van der Waals surface area contributed by atoms with Crippen molar-refractivity contribution >= 4 is 28.1 Å². The third-order valence-corrected chi connectivity index (χ3v) is 4.93. The number of anilines is 1. The maximum Gasteiger partial charge on any atom is 0.323 e. The van der Waals surface area contributed by atoms with Crippen LogP contribution in [0.15, 0.2) is 36.4 Å². The second-order valence-electron chi connectivity index (χ2n) is 5.82. The van der Waals surface area contributed by atoms with Crippen LogP contribution in [0.2, 0.25) is 0 Å². The van der Waals surface area contributed by atoms with E-state index < -0.39 is 0 Å². The summed E-state index contributed by atoms with van der Waals surface area (Å²) in [6.45, 7) is 5.45. The normalized spacial score (nSPS) is 14.7. The number of urea groups is 1. The summed E-state index contributed by atoms with van der Waals surface area (Å²) in [5, 5.41) is 12.5. The van der Waals surface area contributed by atoms with Crippen LogP contribution in [0.25, 0.3) is 5.57 Å². The van der Waals surface area contributed by atoms with Gasteiger partial charge in [0.05, 0.1) is 0 Å². The Morgan fingerprint density at radius 3 is 2.65 bits per heavy atom. The number of hydrogen-bond acceptors (Lipinski definition) is 4. The molecule has 6 heteroatoms. The van der Waals surface area contributed by atoms with Gasteiger partial charge >= 0.3 is 6.03 Å². The van der Waals surface area contributed by atoms with E-state index in [0.717, 1.165) is 11.4 Å². The lowest BCUT2D eigenvalue weighted by Crippen LogP contribution is -2.37. The average Bonchev–Trinajstić information content (AvgIpc) is 3.04. The molecule has 1 aliphatic heterocycles. The molecule has 0 bridgehead atoms. The molecule has 0 aliphatic carbocycles. The molecule has 0 saturated heterocycles. The molecule has 23 heavy (non-hydrogen) atoms. The maximum absolute atomic E-state index is 12.3. The fourth-order valence-corrected chi connectivity index (χ4v) is 3.19. The van der Waals surface area contributed by atoms with Crippen LogP contribution in [0.1, 0.15) is 36.8 Å². The lowest BCUT2D eigenvalue weighted by atomic mass is 10.00. The van der Waals surface area contributed by atoms with Crippen LogP contribution in [0, 0.1) is 0 Å². The third-order valence-electron chi connectivity index (χ3n) is 3.79. The summed E-state index contributed by atoms with van der Waals surface area (Å²) in [6, 6.07) is 10.2. The van der Waals surface area contributed by atoms with Crippen LogP contribution in [0.4, 0.5) is 9.93 Å². The average molecular weight is 328 g/mol. The molecule has 1 N–H and O–H groups in total. The minimum absolute atomic E-state index is 0.111. The summed E-state index contributed by atoms with van der Waals surface area (Å²) in [6.07, 6.45) is 2.99. The molecule has 2 heterocycles. The molecule has 1 aromatic carbocycles. The molecule has 5 nitrogen and oxygen atoms in total. The predicted molar refractivity (Wildman–Crippen MR) is 93.6 cm³/mol. The van der Waals surface area contributed by atoms with Gasteiger partial charge in [0.1, 0.15) is 5.01 Å². The minimum atomic E-state index is -0.111. The van der Waals surface area contributed by atoms with Gasteiger partial charge in [-0.15, -0.1) is 10.2 Å². The summed E-state index contributed by atoms with van der Waals surface area (Å²) in [7, 11) is 0. The van der Waals surface area contributed by atoms with E-state index in [0.29, 0.717) is 24.1 Å². The zero-order valence-electron chi connectivity index (χ0n) is 13.3. The van der Waals surface area contributed by atoms with Crippen molar-refractivity contribution in [3.8, 4) is 0 Å². The van der Waals surface area contributed by atoms with Gasteiger partial charge < -0.3 is 4.90 Å². The highest BCUT2D eigenvalue weighted by Gasteiger charge is 2.19. The first kappa shape index (κ1) is 15.7. The van der Waals surface area contributed by atoms with Gasteiger partial charge in [-0.05, 0) is 17.6 Å². The first-order chi connectivity index (χ1) is 11.1. The molecule has 2 amide bonds. The Kier molecular flexibility index (Phi) is 4.71. The number of rotatable bonds is 3. The Morgan fingerprint density at radius 2 is 2.04 bits per heavy atom. The van der Waals surface area contributed by atoms with Gasteiger partial charge in [0.25, 0.3) is 0 Å². The molecule has 0 spiro atoms. The second kappa shape index (κ2) is 6.91. The molecule has 1 aromatic heterocycles. The number of amides is 2. The summed E-state index contributed by atoms with van der Waals surface area (Å²) >= 11 is 1.43. The number of aromatic nitrogens is 2. The molecule has 2 aromatic rings. The van der Waals surface area contributed by atoms with Crippen LogP contribution in [-0.4, -0.2) is 34.2 Å². The van der Waals surface area contributed by atoms with E-state index in [1.54, 1.807) is 4.90 Å². The highest BCUT2D eigenvalue weighted by Crippen LogP contribution is 2.24. The Morgan fingerprint density at radius 1 is 1.26 bits per heavy atom. The van der Waals surface area contributed by atoms with E-state index in [-0.39, 0.29) is 6.03 Å². The number of hydrogen-bond donors (Lipinski definition) is 1. The quantitative estimate of drug-likeness (QED) is 0.927. The number of carbonyl (C=O) groups excluding carboxylic acids is 1. The zero-order valence-corrected chi connectivity index (χ0v) is 14.1. The van der Waals surface area contributed by atoms with E-state index in [1.165, 1.54) is 22.5 Å². The fourth-order valence-electron chi connectivity index (χ4n) is 2.46. The molecule has 3 rings (SSSR count). The summed E-state index contributed by atoms with van der Waals surface area (Å²) in [5.41, 5.74) is 2.53. The third kappa shape index (κ3) is 3.76. The molecule has 120 valence electrons. The van der Waals surface area contributed by atoms with E-state index in [4.69, 9.17) is 0 Å². The van der Waals surface area contributed by atoms with Crippen molar-refractivity contribution in [2.24, 2.45) is 0 Å². The van der Waals surface area contributed by atoms with Gasteiger partial charge in [-0.3, -0.25) is 5.32 Å². The lowest BCUT2D eigenvalue weighted by molar-refractivity contribution is 0.217. The van der Waals surface area contributed by atoms with Gasteiger partial charge in [-0.25, -0.2) is 4.79 Å². The van der Waals surface area contributed by atoms with E-state index in [9.17, 15) is 4.79 Å². The molecule has 0 radical (unpaired) electrons. The maximum atomic E-state index is 12.3. The number of nitrogens with zero attached hydrogens (tertiary/aromatic N) is 3. The first-order valence-electron chi connectivity index (χ1n) is 7.77. The fraction of sp³-hybridized carbons (Fsp3) is 0.353. The van der Waals surface area contributed by atoms with E-state index >= 15 is 0 Å². The molecule has 1 aliphatic rings. The standard InChI is InChI=1S/C17H20N4OS/c1-12(2)15-19-20-16(23-15)18-17(22)21-10-8-14(9-11-21)13-6-4-3-5-7-13/h3-8,12H,9-11H2,1-2H3,(H,18,20,22). The molecule has 0 saturated carbocycles. The SMILES string of the molecule is CC(C)c1nnc(NC(=O)N2CC=C(c3ccccc3)CC2)s1. The van der Waals surface area contributed by atoms with E-state index in [1.807, 2.05) is 18.2 Å². The van der Waals surface area contributed by atoms with Crippen molar-refractivity contribution in [2.75, 3.05) is 18.4 Å². The Balaban J connectivity index is 1.60. The van der Waals surface area contributed by atoms with Crippen molar-refractivity contribution in [1.82, 2.24) is 15.1 Å². The molecular formula is C17H20N4OS. The van der Waals surface area contributed by atoms with Gasteiger partial charge in [0.2, 0.25) is 5.13 Å². The Labute approximate surface area is 140 Å². The van der Waals surface area contributed by atoms with Gasteiger partial charge in [0.15, 0.2) is 0 Å². The minimum Gasteiger partial charge on any atom is -0.320 e. The van der Waals surface area contributed by atoms with Gasteiger partial charge in [-0.2, -0.15) is 0 Å². The van der Waals surface area contributed by atoms with E-state index in [2.05, 4.69) is 47.6 Å². The number of nitrogens with one attached hydrogen (secondary N) is 1. The molecule has 0 fully saturated rings. The monoisotopic (exact) mass is 328 g/mol. The van der Waals surface area contributed by atoms with Crippen molar-refractivity contribution < 1.29 is 4.79 Å². The predicted octanol–water partition coefficient (Wildman–Crippen LogP) is 3.98. The van der Waals surface area contributed by atoms with Crippen molar-refractivity contribution in [3.05, 3.63) is 47.0 Å². The Hall–Kier alpha value is -2.21. The van der Waals surface area contributed by atoms with Crippen molar-refractivity contribution in [1.29, 1.82) is 0 Å². The molecule has 0 atom stereocenters. The summed E-state index contributed by atoms with van der Waals surface area (Å²) < 4.78 is 0. The topological polar surface area (TPSA) is 58.1 Å². The van der Waals surface area contributed by atoms with Crippen molar-refractivity contribution in [3.63, 3.8) is 0 Å². The Bertz CT molecular complexity index is 708. The molecule has 0 unspecified atom stereocenters. The smallest absolute Gasteiger partial charge is 0.320 e. The summed E-state index contributed by atoms with van der Waals surface area (Å²) in [4.78, 5) is 14.1. The lowest BCUT2D eigenvalue weighted by Gasteiger charge is -2.26. The highest BCUT2D eigenvalue weighted by molar-refractivity contribution is 7.15. The van der Waals surface area contributed by atoms with Crippen LogP contribution in [-0.2, 0) is 0 Å². The van der Waals surface area contributed by atoms with Crippen molar-refractivity contribution in [2.45, 2.75) is 26.2 Å². The van der Waals surface area contributed by atoms with Crippen LogP contribution in [0.3, 0.4) is 0 Å². The highest BCUT2D eigenvalue weighted by atomic mass is 32.1. The van der Waals surface area contributed by atoms with Gasteiger partial charge in [0, 0.05) is 19.0 Å². The zero-order chi connectivity index (χ0) is 16.2. The summed E-state index contributed by atoms with van der Waals surface area (Å²) in [5.74, 6) is 0.324. The second-order valence-corrected chi connectivity index (χ2v) is 6.83. The van der Waals surface area contributed by atoms with Gasteiger partial charge in [-0.1, -0.05) is 61.6 Å².